The van der Waals surface area contributed by atoms with Gasteiger partial charge in [0.05, 0.1) is 0 Å². The summed E-state index contributed by atoms with van der Waals surface area (Å²) in [5, 5.41) is 0. The minimum atomic E-state index is -1.14. The van der Waals surface area contributed by atoms with Crippen LogP contribution in [0.1, 0.15) is 6.92 Å². The fourth-order valence-corrected chi connectivity index (χ4v) is 1.00. The van der Waals surface area contributed by atoms with Gasteiger partial charge in [0.25, 0.3) is 0 Å². The van der Waals surface area contributed by atoms with Crippen LogP contribution in [0.2, 0.25) is 32.7 Å². The number of hydrogen-bond donors (Lipinski definition) is 0. The van der Waals surface area contributed by atoms with Gasteiger partial charge < -0.3 is 4.43 Å². The second-order valence-electron chi connectivity index (χ2n) is 3.57. The summed E-state index contributed by atoms with van der Waals surface area (Å²) in [5.74, 6) is 0. The molecule has 0 aromatic rings. The lowest BCUT2D eigenvalue weighted by Crippen LogP contribution is -2.06. The molecule has 0 aliphatic carbocycles. The van der Waals surface area contributed by atoms with Crippen molar-refractivity contribution < 1.29 is 4.43 Å². The maximum atomic E-state index is 5.67. The molecule has 4 heteroatoms. The number of halogens is 1. The zero-order valence-electron chi connectivity index (χ0n) is 8.57. The van der Waals surface area contributed by atoms with Crippen molar-refractivity contribution in [3.63, 3.8) is 0 Å². The molecule has 11 heavy (non-hydrogen) atoms. The molecular weight excluding hydrogens is 192 g/mol. The fraction of sp³-hybridized carbons (Fsp3) is 1.00. The molecule has 0 rings (SSSR count). The zero-order chi connectivity index (χ0) is 9.49. The minimum Gasteiger partial charge on any atom is -0.421 e. The zero-order valence-corrected chi connectivity index (χ0v) is 11.5. The predicted molar refractivity (Wildman–Crippen MR) is 59.7 cm³/mol. The van der Waals surface area contributed by atoms with Crippen molar-refractivity contribution >= 4 is 27.5 Å². The standard InChI is InChI=1S/C4H12OSi.C3H9ClSi/c1-4-5-6(2)3;1-5(2,3)4/h6H,4H2,1-3H3;1-3H3. The lowest BCUT2D eigenvalue weighted by molar-refractivity contribution is 0.350. The maximum Gasteiger partial charge on any atom is 0.170 e. The molecule has 0 N–H and O–H groups in total. The normalized spacial score (nSPS) is 10.9. The molecule has 0 fully saturated rings. The van der Waals surface area contributed by atoms with Crippen LogP contribution in [0.4, 0.5) is 0 Å². The summed E-state index contributed by atoms with van der Waals surface area (Å²) in [4.78, 5) is 0. The number of hydrogen-bond acceptors (Lipinski definition) is 1. The Labute approximate surface area is 78.5 Å². The van der Waals surface area contributed by atoms with Crippen LogP contribution < -0.4 is 0 Å². The Balaban J connectivity index is 0. The summed E-state index contributed by atoms with van der Waals surface area (Å²) in [6, 6.07) is 0. The highest BCUT2D eigenvalue weighted by Crippen LogP contribution is 2.03. The first kappa shape index (κ1) is 14.2. The van der Waals surface area contributed by atoms with Gasteiger partial charge >= 0.3 is 0 Å². The molecule has 0 aliphatic rings. The molecule has 0 atom stereocenters. The summed E-state index contributed by atoms with van der Waals surface area (Å²) in [5.41, 5.74) is 0. The summed E-state index contributed by atoms with van der Waals surface area (Å²) >= 11 is 5.67. The van der Waals surface area contributed by atoms with Crippen LogP contribution in [0.3, 0.4) is 0 Å². The summed E-state index contributed by atoms with van der Waals surface area (Å²) < 4.78 is 5.18. The molecule has 0 saturated carbocycles. The second kappa shape index (κ2) is 7.34. The van der Waals surface area contributed by atoms with Crippen LogP contribution in [-0.2, 0) is 4.43 Å². The Morgan fingerprint density at radius 3 is 1.55 bits per heavy atom. The minimum absolute atomic E-state index is 0.671. The monoisotopic (exact) mass is 212 g/mol. The van der Waals surface area contributed by atoms with Crippen LogP contribution in [0.5, 0.6) is 0 Å². The average molecular weight is 213 g/mol. The van der Waals surface area contributed by atoms with Crippen molar-refractivity contribution in [3.8, 4) is 0 Å². The quantitative estimate of drug-likeness (QED) is 0.505. The summed E-state index contributed by atoms with van der Waals surface area (Å²) in [6.45, 7) is 13.5. The summed E-state index contributed by atoms with van der Waals surface area (Å²) in [7, 11) is -1.81. The molecule has 0 saturated heterocycles. The van der Waals surface area contributed by atoms with Crippen molar-refractivity contribution in [2.75, 3.05) is 6.61 Å². The second-order valence-corrected chi connectivity index (χ2v) is 13.5. The van der Waals surface area contributed by atoms with Crippen LogP contribution in [-0.4, -0.2) is 23.0 Å². The Hall–Kier alpha value is 0.684. The Morgan fingerprint density at radius 2 is 1.55 bits per heavy atom. The van der Waals surface area contributed by atoms with Gasteiger partial charge in [-0.1, -0.05) is 19.6 Å². The molecule has 0 bridgehead atoms. The lowest BCUT2D eigenvalue weighted by atomic mass is 10.9. The molecule has 0 radical (unpaired) electrons. The lowest BCUT2D eigenvalue weighted by Gasteiger charge is -1.98. The molecule has 0 aromatic carbocycles. The topological polar surface area (TPSA) is 9.23 Å². The third-order valence-corrected chi connectivity index (χ3v) is 1.50. The average Bonchev–Trinajstić information content (AvgIpc) is 1.58. The summed E-state index contributed by atoms with van der Waals surface area (Å²) in [6.07, 6.45) is 0. The first-order chi connectivity index (χ1) is 4.77. The molecule has 0 amide bonds. The fourth-order valence-electron chi connectivity index (χ4n) is 0.333. The van der Waals surface area contributed by atoms with Crippen LogP contribution >= 0.6 is 11.1 Å². The van der Waals surface area contributed by atoms with E-state index in [4.69, 9.17) is 15.5 Å². The molecular formula is C7H21ClOSi2. The van der Waals surface area contributed by atoms with Gasteiger partial charge in [0.1, 0.15) is 7.38 Å². The highest BCUT2D eigenvalue weighted by molar-refractivity contribution is 7.18. The first-order valence-corrected chi connectivity index (χ1v) is 11.4. The van der Waals surface area contributed by atoms with Crippen molar-refractivity contribution in [1.82, 2.24) is 0 Å². The SMILES string of the molecule is CCO[SiH](C)C.C[Si](C)(C)Cl. The third-order valence-electron chi connectivity index (χ3n) is 0.500. The van der Waals surface area contributed by atoms with E-state index in [-0.39, 0.29) is 0 Å². The van der Waals surface area contributed by atoms with Gasteiger partial charge in [0.2, 0.25) is 0 Å². The van der Waals surface area contributed by atoms with Crippen molar-refractivity contribution in [2.45, 2.75) is 39.7 Å². The molecule has 0 aromatic heterocycles. The van der Waals surface area contributed by atoms with E-state index >= 15 is 0 Å². The van der Waals surface area contributed by atoms with E-state index in [1.54, 1.807) is 0 Å². The van der Waals surface area contributed by atoms with Gasteiger partial charge in [-0.25, -0.2) is 0 Å². The number of rotatable bonds is 2. The molecule has 0 spiro atoms. The van der Waals surface area contributed by atoms with Gasteiger partial charge in [-0.05, 0) is 20.0 Å². The van der Waals surface area contributed by atoms with E-state index in [1.807, 2.05) is 6.92 Å². The Morgan fingerprint density at radius 1 is 1.27 bits per heavy atom. The van der Waals surface area contributed by atoms with Crippen LogP contribution in [0.15, 0.2) is 0 Å². The molecule has 0 aliphatic heterocycles. The Bertz CT molecular complexity index is 75.0. The van der Waals surface area contributed by atoms with Crippen LogP contribution in [0.25, 0.3) is 0 Å². The first-order valence-electron chi connectivity index (χ1n) is 4.08. The van der Waals surface area contributed by atoms with E-state index in [1.165, 1.54) is 0 Å². The highest BCUT2D eigenvalue weighted by Gasteiger charge is 2.04. The van der Waals surface area contributed by atoms with Gasteiger partial charge in [0.15, 0.2) is 9.04 Å². The maximum absolute atomic E-state index is 5.67. The largest absolute Gasteiger partial charge is 0.421 e. The van der Waals surface area contributed by atoms with E-state index < -0.39 is 16.4 Å². The van der Waals surface area contributed by atoms with Crippen molar-refractivity contribution in [2.24, 2.45) is 0 Å². The molecule has 0 unspecified atom stereocenters. The smallest absolute Gasteiger partial charge is 0.170 e. The molecule has 0 heterocycles. The van der Waals surface area contributed by atoms with Crippen molar-refractivity contribution in [3.05, 3.63) is 0 Å². The van der Waals surface area contributed by atoms with E-state index in [0.29, 0.717) is 0 Å². The van der Waals surface area contributed by atoms with E-state index in [0.717, 1.165) is 6.61 Å². The van der Waals surface area contributed by atoms with E-state index in [9.17, 15) is 0 Å². The molecule has 70 valence electrons. The Kier molecular flexibility index (Phi) is 9.49. The third kappa shape index (κ3) is 59.4. The molecule has 1 nitrogen and oxygen atoms in total. The predicted octanol–water partition coefficient (Wildman–Crippen LogP) is 3.07. The van der Waals surface area contributed by atoms with Gasteiger partial charge in [-0.2, -0.15) is 11.1 Å². The van der Waals surface area contributed by atoms with Crippen LogP contribution in [0, 0.1) is 0 Å². The van der Waals surface area contributed by atoms with Gasteiger partial charge in [-0.15, -0.1) is 0 Å². The van der Waals surface area contributed by atoms with Gasteiger partial charge in [0, 0.05) is 6.61 Å². The highest BCUT2D eigenvalue weighted by atomic mass is 35.6. The van der Waals surface area contributed by atoms with Crippen molar-refractivity contribution in [1.29, 1.82) is 0 Å². The van der Waals surface area contributed by atoms with E-state index in [2.05, 4.69) is 32.7 Å². The van der Waals surface area contributed by atoms with Gasteiger partial charge in [-0.3, -0.25) is 0 Å².